The first kappa shape index (κ1) is 14.3. The predicted molar refractivity (Wildman–Crippen MR) is 78.9 cm³/mol. The molecule has 0 amide bonds. The number of nitrogens with zero attached hydrogens (tertiary/aromatic N) is 1. The fourth-order valence-electron chi connectivity index (χ4n) is 3.29. The van der Waals surface area contributed by atoms with Crippen molar-refractivity contribution >= 4 is 0 Å². The summed E-state index contributed by atoms with van der Waals surface area (Å²) >= 11 is 0. The van der Waals surface area contributed by atoms with E-state index in [4.69, 9.17) is 0 Å². The van der Waals surface area contributed by atoms with Gasteiger partial charge in [-0.1, -0.05) is 13.8 Å². The van der Waals surface area contributed by atoms with Crippen LogP contribution in [0.2, 0.25) is 0 Å². The summed E-state index contributed by atoms with van der Waals surface area (Å²) in [6.45, 7) is 13.4. The average Bonchev–Trinajstić information content (AvgIpc) is 3.11. The summed E-state index contributed by atoms with van der Waals surface area (Å²) in [6.07, 6.45) is 8.15. The summed E-state index contributed by atoms with van der Waals surface area (Å²) in [5.41, 5.74) is 0.916. The maximum Gasteiger partial charge on any atom is 0.0153 e. The fourth-order valence-corrected chi connectivity index (χ4v) is 3.29. The van der Waals surface area contributed by atoms with Crippen LogP contribution in [-0.4, -0.2) is 36.1 Å². The van der Waals surface area contributed by atoms with E-state index in [1.807, 2.05) is 0 Å². The third-order valence-electron chi connectivity index (χ3n) is 5.44. The van der Waals surface area contributed by atoms with Crippen molar-refractivity contribution in [1.82, 2.24) is 10.2 Å². The van der Waals surface area contributed by atoms with Gasteiger partial charge in [0.15, 0.2) is 0 Å². The summed E-state index contributed by atoms with van der Waals surface area (Å²) in [5, 5.41) is 3.77. The predicted octanol–water partition coefficient (Wildman–Crippen LogP) is 3.42. The van der Waals surface area contributed by atoms with Crippen LogP contribution in [0.15, 0.2) is 0 Å². The van der Waals surface area contributed by atoms with Gasteiger partial charge in [0, 0.05) is 24.7 Å². The highest BCUT2D eigenvalue weighted by molar-refractivity contribution is 4.94. The second-order valence-electron chi connectivity index (χ2n) is 7.20. The minimum absolute atomic E-state index is 0.426. The van der Waals surface area contributed by atoms with Crippen LogP contribution in [0, 0.1) is 5.41 Å². The number of nitrogens with one attached hydrogen (secondary N) is 1. The first-order valence-electron chi connectivity index (χ1n) is 8.00. The monoisotopic (exact) mass is 252 g/mol. The number of hydrogen-bond acceptors (Lipinski definition) is 2. The molecule has 1 aliphatic carbocycles. The van der Waals surface area contributed by atoms with Gasteiger partial charge in [0.25, 0.3) is 0 Å². The standard InChI is InChI=1S/C16H32N2/c1-5-16(6-2,12-17-14-8-9-14)13-18-11-7-10-15(18,3)4/h14,17H,5-13H2,1-4H3. The van der Waals surface area contributed by atoms with Gasteiger partial charge in [-0.3, -0.25) is 4.90 Å². The van der Waals surface area contributed by atoms with Gasteiger partial charge in [-0.05, 0) is 64.3 Å². The Labute approximate surface area is 114 Å². The Morgan fingerprint density at radius 2 is 1.89 bits per heavy atom. The van der Waals surface area contributed by atoms with Gasteiger partial charge in [-0.15, -0.1) is 0 Å². The van der Waals surface area contributed by atoms with Crippen molar-refractivity contribution in [2.75, 3.05) is 19.6 Å². The van der Waals surface area contributed by atoms with Crippen LogP contribution in [0.25, 0.3) is 0 Å². The normalized spacial score (nSPS) is 24.7. The number of hydrogen-bond donors (Lipinski definition) is 1. The lowest BCUT2D eigenvalue weighted by Crippen LogP contribution is -2.49. The first-order chi connectivity index (χ1) is 8.51. The van der Waals surface area contributed by atoms with Crippen molar-refractivity contribution in [3.05, 3.63) is 0 Å². The van der Waals surface area contributed by atoms with E-state index in [0.717, 1.165) is 6.04 Å². The molecular formula is C16H32N2. The second-order valence-corrected chi connectivity index (χ2v) is 7.20. The molecule has 106 valence electrons. The van der Waals surface area contributed by atoms with Crippen molar-refractivity contribution in [2.24, 2.45) is 5.41 Å². The molecule has 0 radical (unpaired) electrons. The molecule has 1 aliphatic heterocycles. The Morgan fingerprint density at radius 1 is 1.22 bits per heavy atom. The van der Waals surface area contributed by atoms with Gasteiger partial charge in [0.05, 0.1) is 0 Å². The molecule has 2 fully saturated rings. The summed E-state index contributed by atoms with van der Waals surface area (Å²) in [5.74, 6) is 0. The molecule has 0 unspecified atom stereocenters. The van der Waals surface area contributed by atoms with Crippen molar-refractivity contribution in [3.8, 4) is 0 Å². The van der Waals surface area contributed by atoms with Crippen LogP contribution in [0.5, 0.6) is 0 Å². The molecule has 0 aromatic carbocycles. The summed E-state index contributed by atoms with van der Waals surface area (Å²) in [6, 6.07) is 0.842. The second kappa shape index (κ2) is 5.50. The van der Waals surface area contributed by atoms with E-state index in [2.05, 4.69) is 37.9 Å². The fraction of sp³-hybridized carbons (Fsp3) is 1.00. The Morgan fingerprint density at radius 3 is 2.33 bits per heavy atom. The Hall–Kier alpha value is -0.0800. The van der Waals surface area contributed by atoms with E-state index < -0.39 is 0 Å². The lowest BCUT2D eigenvalue weighted by molar-refractivity contribution is 0.0862. The quantitative estimate of drug-likeness (QED) is 0.747. The van der Waals surface area contributed by atoms with Crippen LogP contribution in [-0.2, 0) is 0 Å². The van der Waals surface area contributed by atoms with Crippen molar-refractivity contribution < 1.29 is 0 Å². The largest absolute Gasteiger partial charge is 0.313 e. The molecule has 0 atom stereocenters. The molecule has 0 aromatic rings. The van der Waals surface area contributed by atoms with Gasteiger partial charge < -0.3 is 5.32 Å². The van der Waals surface area contributed by atoms with E-state index in [-0.39, 0.29) is 0 Å². The average molecular weight is 252 g/mol. The van der Waals surface area contributed by atoms with Crippen LogP contribution in [0.1, 0.15) is 66.2 Å². The maximum absolute atomic E-state index is 3.77. The van der Waals surface area contributed by atoms with E-state index in [1.165, 1.54) is 58.2 Å². The summed E-state index contributed by atoms with van der Waals surface area (Å²) in [4.78, 5) is 2.74. The summed E-state index contributed by atoms with van der Waals surface area (Å²) in [7, 11) is 0. The van der Waals surface area contributed by atoms with Crippen molar-refractivity contribution in [1.29, 1.82) is 0 Å². The maximum atomic E-state index is 3.77. The highest BCUT2D eigenvalue weighted by atomic mass is 15.2. The molecule has 2 heteroatoms. The molecule has 0 bridgehead atoms. The molecule has 2 aliphatic rings. The van der Waals surface area contributed by atoms with Crippen LogP contribution >= 0.6 is 0 Å². The first-order valence-corrected chi connectivity index (χ1v) is 8.00. The van der Waals surface area contributed by atoms with Gasteiger partial charge in [0.1, 0.15) is 0 Å². The zero-order valence-electron chi connectivity index (χ0n) is 12.9. The van der Waals surface area contributed by atoms with Crippen molar-refractivity contribution in [2.45, 2.75) is 77.8 Å². The molecule has 1 N–H and O–H groups in total. The minimum atomic E-state index is 0.426. The zero-order chi connectivity index (χ0) is 13.2. The SMILES string of the molecule is CCC(CC)(CNC1CC1)CN1CCCC1(C)C. The molecule has 1 saturated carbocycles. The number of rotatable bonds is 7. The van der Waals surface area contributed by atoms with Gasteiger partial charge in [-0.25, -0.2) is 0 Å². The molecule has 0 aromatic heterocycles. The van der Waals surface area contributed by atoms with Crippen LogP contribution < -0.4 is 5.32 Å². The molecule has 2 nitrogen and oxygen atoms in total. The lowest BCUT2D eigenvalue weighted by atomic mass is 9.80. The smallest absolute Gasteiger partial charge is 0.0153 e. The van der Waals surface area contributed by atoms with Crippen LogP contribution in [0.3, 0.4) is 0 Å². The topological polar surface area (TPSA) is 15.3 Å². The third kappa shape index (κ3) is 3.27. The zero-order valence-corrected chi connectivity index (χ0v) is 12.9. The van der Waals surface area contributed by atoms with E-state index in [0.29, 0.717) is 11.0 Å². The molecular weight excluding hydrogens is 220 g/mol. The van der Waals surface area contributed by atoms with E-state index in [1.54, 1.807) is 0 Å². The molecule has 1 saturated heterocycles. The Kier molecular flexibility index (Phi) is 4.38. The highest BCUT2D eigenvalue weighted by Gasteiger charge is 2.38. The molecule has 1 heterocycles. The summed E-state index contributed by atoms with van der Waals surface area (Å²) < 4.78 is 0. The van der Waals surface area contributed by atoms with E-state index in [9.17, 15) is 0 Å². The lowest BCUT2D eigenvalue weighted by Gasteiger charge is -2.41. The van der Waals surface area contributed by atoms with Gasteiger partial charge in [-0.2, -0.15) is 0 Å². The highest BCUT2D eigenvalue weighted by Crippen LogP contribution is 2.35. The van der Waals surface area contributed by atoms with Crippen molar-refractivity contribution in [3.63, 3.8) is 0 Å². The van der Waals surface area contributed by atoms with Gasteiger partial charge >= 0.3 is 0 Å². The van der Waals surface area contributed by atoms with Crippen LogP contribution in [0.4, 0.5) is 0 Å². The third-order valence-corrected chi connectivity index (χ3v) is 5.44. The molecule has 2 rings (SSSR count). The molecule has 18 heavy (non-hydrogen) atoms. The van der Waals surface area contributed by atoms with Gasteiger partial charge in [0.2, 0.25) is 0 Å². The Balaban J connectivity index is 1.94. The Bertz CT molecular complexity index is 264. The van der Waals surface area contributed by atoms with E-state index >= 15 is 0 Å². The molecule has 0 spiro atoms. The minimum Gasteiger partial charge on any atom is -0.313 e. The number of likely N-dealkylation sites (tertiary alicyclic amines) is 1.